The summed E-state index contributed by atoms with van der Waals surface area (Å²) in [4.78, 5) is 16.7. The largest absolute Gasteiger partial charge is 0.497 e. The van der Waals surface area contributed by atoms with E-state index in [0.29, 0.717) is 5.69 Å². The molecule has 0 atom stereocenters. The summed E-state index contributed by atoms with van der Waals surface area (Å²) >= 11 is 0. The Labute approximate surface area is 148 Å². The first kappa shape index (κ1) is 17.3. The summed E-state index contributed by atoms with van der Waals surface area (Å²) in [5, 5.41) is 6.38. The standard InChI is InChI=1S/C20H25N3O2/c1-25-18-10-6-9-16(13-18)22-17-11-12-19(21-14-17)20(24)23-15-7-4-2-3-5-8-15/h6,9-15,22H,2-5,7-8H2,1H3,(H,23,24). The van der Waals surface area contributed by atoms with Gasteiger partial charge in [0.05, 0.1) is 19.0 Å². The molecule has 1 aromatic heterocycles. The third-order valence-electron chi connectivity index (χ3n) is 4.54. The van der Waals surface area contributed by atoms with E-state index in [1.807, 2.05) is 30.3 Å². The molecule has 0 spiro atoms. The van der Waals surface area contributed by atoms with Crippen molar-refractivity contribution in [2.75, 3.05) is 12.4 Å². The molecule has 0 radical (unpaired) electrons. The van der Waals surface area contributed by atoms with E-state index >= 15 is 0 Å². The van der Waals surface area contributed by atoms with E-state index in [1.165, 1.54) is 25.7 Å². The maximum Gasteiger partial charge on any atom is 0.270 e. The number of ether oxygens (including phenoxy) is 1. The number of rotatable bonds is 5. The van der Waals surface area contributed by atoms with Crippen LogP contribution in [-0.4, -0.2) is 24.0 Å². The van der Waals surface area contributed by atoms with Crippen molar-refractivity contribution in [1.29, 1.82) is 0 Å². The minimum absolute atomic E-state index is 0.0835. The summed E-state index contributed by atoms with van der Waals surface area (Å²) in [7, 11) is 1.64. The molecule has 3 rings (SSSR count). The fourth-order valence-electron chi connectivity index (χ4n) is 3.15. The Bertz CT molecular complexity index is 692. The lowest BCUT2D eigenvalue weighted by Gasteiger charge is -2.16. The highest BCUT2D eigenvalue weighted by Crippen LogP contribution is 2.21. The number of nitrogens with one attached hydrogen (secondary N) is 2. The molecule has 25 heavy (non-hydrogen) atoms. The van der Waals surface area contributed by atoms with Gasteiger partial charge in [-0.1, -0.05) is 31.7 Å². The number of methoxy groups -OCH3 is 1. The second-order valence-electron chi connectivity index (χ2n) is 6.45. The van der Waals surface area contributed by atoms with Crippen LogP contribution in [0.5, 0.6) is 5.75 Å². The Morgan fingerprint density at radius 3 is 2.56 bits per heavy atom. The van der Waals surface area contributed by atoms with Crippen LogP contribution in [0.4, 0.5) is 11.4 Å². The molecule has 5 heteroatoms. The fraction of sp³-hybridized carbons (Fsp3) is 0.400. The summed E-state index contributed by atoms with van der Waals surface area (Å²) in [5.41, 5.74) is 2.21. The number of carbonyl (C=O) groups excluding carboxylic acids is 1. The number of hydrogen-bond acceptors (Lipinski definition) is 4. The molecule has 5 nitrogen and oxygen atoms in total. The highest BCUT2D eigenvalue weighted by atomic mass is 16.5. The van der Waals surface area contributed by atoms with Crippen LogP contribution in [-0.2, 0) is 0 Å². The van der Waals surface area contributed by atoms with Gasteiger partial charge in [0.25, 0.3) is 5.91 Å². The lowest BCUT2D eigenvalue weighted by molar-refractivity contribution is 0.0928. The first-order valence-electron chi connectivity index (χ1n) is 8.92. The molecule has 1 saturated carbocycles. The minimum atomic E-state index is -0.0835. The maximum absolute atomic E-state index is 12.4. The first-order chi connectivity index (χ1) is 12.2. The number of nitrogens with zero attached hydrogens (tertiary/aromatic N) is 1. The molecular weight excluding hydrogens is 314 g/mol. The molecule has 1 amide bonds. The second-order valence-corrected chi connectivity index (χ2v) is 6.45. The summed E-state index contributed by atoms with van der Waals surface area (Å²) < 4.78 is 5.22. The van der Waals surface area contributed by atoms with E-state index < -0.39 is 0 Å². The van der Waals surface area contributed by atoms with Gasteiger partial charge in [-0.15, -0.1) is 0 Å². The zero-order valence-corrected chi connectivity index (χ0v) is 14.6. The predicted molar refractivity (Wildman–Crippen MR) is 99.5 cm³/mol. The average molecular weight is 339 g/mol. The third kappa shape index (κ3) is 4.95. The van der Waals surface area contributed by atoms with Gasteiger partial charge in [0, 0.05) is 17.8 Å². The van der Waals surface area contributed by atoms with Crippen molar-refractivity contribution in [3.05, 3.63) is 48.3 Å². The van der Waals surface area contributed by atoms with Gasteiger partial charge in [0.1, 0.15) is 11.4 Å². The van der Waals surface area contributed by atoms with E-state index in [4.69, 9.17) is 4.74 Å². The van der Waals surface area contributed by atoms with Crippen LogP contribution >= 0.6 is 0 Å². The highest BCUT2D eigenvalue weighted by Gasteiger charge is 2.16. The van der Waals surface area contributed by atoms with Crippen LogP contribution in [0.3, 0.4) is 0 Å². The quantitative estimate of drug-likeness (QED) is 0.798. The molecule has 0 aliphatic heterocycles. The van der Waals surface area contributed by atoms with Crippen molar-refractivity contribution in [2.45, 2.75) is 44.6 Å². The van der Waals surface area contributed by atoms with Crippen molar-refractivity contribution < 1.29 is 9.53 Å². The molecule has 2 aromatic rings. The van der Waals surface area contributed by atoms with Crippen LogP contribution in [0.1, 0.15) is 49.0 Å². The summed E-state index contributed by atoms with van der Waals surface area (Å²) in [6.45, 7) is 0. The average Bonchev–Trinajstić information content (AvgIpc) is 2.91. The SMILES string of the molecule is COc1cccc(Nc2ccc(C(=O)NC3CCCCCC3)nc2)c1. The molecule has 1 heterocycles. The van der Waals surface area contributed by atoms with Crippen LogP contribution in [0.15, 0.2) is 42.6 Å². The molecule has 2 N–H and O–H groups in total. The van der Waals surface area contributed by atoms with Crippen molar-refractivity contribution in [2.24, 2.45) is 0 Å². The summed E-state index contributed by atoms with van der Waals surface area (Å²) in [6, 6.07) is 11.6. The minimum Gasteiger partial charge on any atom is -0.497 e. The van der Waals surface area contributed by atoms with Gasteiger partial charge < -0.3 is 15.4 Å². The van der Waals surface area contributed by atoms with E-state index in [0.717, 1.165) is 30.0 Å². The number of pyridine rings is 1. The molecule has 1 aliphatic carbocycles. The predicted octanol–water partition coefficient (Wildman–Crippen LogP) is 4.29. The maximum atomic E-state index is 12.4. The van der Waals surface area contributed by atoms with Gasteiger partial charge in [-0.3, -0.25) is 4.79 Å². The van der Waals surface area contributed by atoms with Gasteiger partial charge in [0.2, 0.25) is 0 Å². The summed E-state index contributed by atoms with van der Waals surface area (Å²) in [5.74, 6) is 0.706. The molecule has 1 fully saturated rings. The molecule has 1 aliphatic rings. The van der Waals surface area contributed by atoms with E-state index in [1.54, 1.807) is 19.4 Å². The van der Waals surface area contributed by atoms with E-state index in [-0.39, 0.29) is 11.9 Å². The van der Waals surface area contributed by atoms with Gasteiger partial charge in [-0.05, 0) is 37.1 Å². The number of carbonyl (C=O) groups is 1. The van der Waals surface area contributed by atoms with Gasteiger partial charge in [-0.2, -0.15) is 0 Å². The smallest absolute Gasteiger partial charge is 0.270 e. The topological polar surface area (TPSA) is 63.2 Å². The van der Waals surface area contributed by atoms with Gasteiger partial charge in [-0.25, -0.2) is 4.98 Å². The van der Waals surface area contributed by atoms with Crippen molar-refractivity contribution in [3.8, 4) is 5.75 Å². The van der Waals surface area contributed by atoms with Gasteiger partial charge >= 0.3 is 0 Å². The van der Waals surface area contributed by atoms with Crippen molar-refractivity contribution >= 4 is 17.3 Å². The highest BCUT2D eigenvalue weighted by molar-refractivity contribution is 5.92. The van der Waals surface area contributed by atoms with Gasteiger partial charge in [0.15, 0.2) is 0 Å². The lowest BCUT2D eigenvalue weighted by Crippen LogP contribution is -2.34. The van der Waals surface area contributed by atoms with Crippen LogP contribution in [0.2, 0.25) is 0 Å². The number of amides is 1. The van der Waals surface area contributed by atoms with E-state index in [9.17, 15) is 4.79 Å². The van der Waals surface area contributed by atoms with Crippen molar-refractivity contribution in [3.63, 3.8) is 0 Å². The Morgan fingerprint density at radius 2 is 1.88 bits per heavy atom. The van der Waals surface area contributed by atoms with E-state index in [2.05, 4.69) is 15.6 Å². The monoisotopic (exact) mass is 339 g/mol. The van der Waals surface area contributed by atoms with Crippen molar-refractivity contribution in [1.82, 2.24) is 10.3 Å². The third-order valence-corrected chi connectivity index (χ3v) is 4.54. The Hall–Kier alpha value is -2.56. The summed E-state index contributed by atoms with van der Waals surface area (Å²) in [6.07, 6.45) is 8.76. The molecule has 0 saturated heterocycles. The Kier molecular flexibility index (Phi) is 5.88. The van der Waals surface area contributed by atoms with Crippen LogP contribution in [0, 0.1) is 0 Å². The molecule has 0 unspecified atom stereocenters. The first-order valence-corrected chi connectivity index (χ1v) is 8.92. The van der Waals surface area contributed by atoms with Crippen LogP contribution < -0.4 is 15.4 Å². The normalized spacial score (nSPS) is 15.2. The van der Waals surface area contributed by atoms with Crippen LogP contribution in [0.25, 0.3) is 0 Å². The number of aromatic nitrogens is 1. The Balaban J connectivity index is 1.60. The fourth-order valence-corrected chi connectivity index (χ4v) is 3.15. The lowest BCUT2D eigenvalue weighted by atomic mass is 10.1. The Morgan fingerprint density at radius 1 is 1.08 bits per heavy atom. The zero-order valence-electron chi connectivity index (χ0n) is 14.6. The number of anilines is 2. The molecular formula is C20H25N3O2. The second kappa shape index (κ2) is 8.51. The molecule has 132 valence electrons. The number of hydrogen-bond donors (Lipinski definition) is 2. The molecule has 0 bridgehead atoms. The number of benzene rings is 1. The zero-order chi connectivity index (χ0) is 17.5. The molecule has 1 aromatic carbocycles.